The zero-order valence-corrected chi connectivity index (χ0v) is 12.4. The summed E-state index contributed by atoms with van der Waals surface area (Å²) in [4.78, 5) is 2.48. The molecule has 2 fully saturated rings. The highest BCUT2D eigenvalue weighted by atomic mass is 19.1. The molecule has 1 N–H and O–H groups in total. The summed E-state index contributed by atoms with van der Waals surface area (Å²) in [5.41, 5.74) is 2.31. The maximum atomic E-state index is 13.5. The van der Waals surface area contributed by atoms with Gasteiger partial charge in [-0.2, -0.15) is 0 Å². The molecule has 2 atom stereocenters. The molecule has 0 aromatic heterocycles. The molecule has 0 amide bonds. The van der Waals surface area contributed by atoms with E-state index in [2.05, 4.69) is 10.2 Å². The number of nitrogens with zero attached hydrogens (tertiary/aromatic N) is 1. The van der Waals surface area contributed by atoms with Crippen molar-refractivity contribution in [3.63, 3.8) is 0 Å². The second-order valence-corrected chi connectivity index (χ2v) is 6.34. The topological polar surface area (TPSA) is 15.3 Å². The zero-order valence-electron chi connectivity index (χ0n) is 12.4. The standard InChI is InChI=1S/C17H25FN2/c1-19-11-15-10-16(18)6-7-17(15)20-9-8-13-4-2-3-5-14(13)12-20/h6-7,10,13-14,19H,2-5,8-9,11-12H2,1H3. The first-order chi connectivity index (χ1) is 9.78. The Bertz CT molecular complexity index is 460. The molecule has 1 saturated carbocycles. The number of fused-ring (bicyclic) bond motifs is 1. The van der Waals surface area contributed by atoms with Gasteiger partial charge in [-0.15, -0.1) is 0 Å². The van der Waals surface area contributed by atoms with Gasteiger partial charge >= 0.3 is 0 Å². The van der Waals surface area contributed by atoms with Gasteiger partial charge in [0.05, 0.1) is 0 Å². The smallest absolute Gasteiger partial charge is 0.123 e. The average Bonchev–Trinajstić information content (AvgIpc) is 2.47. The number of hydrogen-bond acceptors (Lipinski definition) is 2. The Hall–Kier alpha value is -1.09. The highest BCUT2D eigenvalue weighted by molar-refractivity contribution is 5.54. The van der Waals surface area contributed by atoms with Gasteiger partial charge < -0.3 is 10.2 Å². The first-order valence-electron chi connectivity index (χ1n) is 7.96. The van der Waals surface area contributed by atoms with Crippen LogP contribution in [-0.2, 0) is 6.54 Å². The van der Waals surface area contributed by atoms with Crippen LogP contribution in [0.1, 0.15) is 37.7 Å². The van der Waals surface area contributed by atoms with Crippen LogP contribution in [0.25, 0.3) is 0 Å². The first-order valence-corrected chi connectivity index (χ1v) is 7.96. The Balaban J connectivity index is 1.78. The molecular weight excluding hydrogens is 251 g/mol. The van der Waals surface area contributed by atoms with Crippen LogP contribution in [0.3, 0.4) is 0 Å². The van der Waals surface area contributed by atoms with Gasteiger partial charge in [0.2, 0.25) is 0 Å². The van der Waals surface area contributed by atoms with Gasteiger partial charge in [-0.1, -0.05) is 19.3 Å². The Morgan fingerprint density at radius 1 is 1.20 bits per heavy atom. The first kappa shape index (κ1) is 13.9. The van der Waals surface area contributed by atoms with Gasteiger partial charge in [0.15, 0.2) is 0 Å². The minimum absolute atomic E-state index is 0.133. The molecule has 2 nitrogen and oxygen atoms in total. The minimum atomic E-state index is -0.133. The van der Waals surface area contributed by atoms with Crippen molar-refractivity contribution in [3.05, 3.63) is 29.6 Å². The van der Waals surface area contributed by atoms with E-state index in [-0.39, 0.29) is 5.82 Å². The Labute approximate surface area is 121 Å². The third-order valence-corrected chi connectivity index (χ3v) is 5.04. The van der Waals surface area contributed by atoms with E-state index in [1.165, 1.54) is 37.8 Å². The molecule has 20 heavy (non-hydrogen) atoms. The lowest BCUT2D eigenvalue weighted by Crippen LogP contribution is -2.42. The van der Waals surface area contributed by atoms with Crippen molar-refractivity contribution in [2.75, 3.05) is 25.0 Å². The molecule has 1 aromatic rings. The summed E-state index contributed by atoms with van der Waals surface area (Å²) in [6, 6.07) is 5.24. The molecule has 3 rings (SSSR count). The van der Waals surface area contributed by atoms with Gasteiger partial charge in [0, 0.05) is 25.3 Å². The van der Waals surface area contributed by atoms with Gasteiger partial charge in [-0.25, -0.2) is 4.39 Å². The van der Waals surface area contributed by atoms with Crippen LogP contribution < -0.4 is 10.2 Å². The number of hydrogen-bond donors (Lipinski definition) is 1. The van der Waals surface area contributed by atoms with E-state index in [4.69, 9.17) is 0 Å². The fourth-order valence-corrected chi connectivity index (χ4v) is 4.01. The summed E-state index contributed by atoms with van der Waals surface area (Å²) in [5, 5.41) is 3.15. The fourth-order valence-electron chi connectivity index (χ4n) is 4.01. The highest BCUT2D eigenvalue weighted by Crippen LogP contribution is 2.38. The fraction of sp³-hybridized carbons (Fsp3) is 0.647. The number of piperidine rings is 1. The van der Waals surface area contributed by atoms with E-state index in [1.807, 2.05) is 13.1 Å². The van der Waals surface area contributed by atoms with Crippen molar-refractivity contribution < 1.29 is 4.39 Å². The predicted molar refractivity (Wildman–Crippen MR) is 81.4 cm³/mol. The number of halogens is 1. The van der Waals surface area contributed by atoms with Gasteiger partial charge in [-0.05, 0) is 55.5 Å². The van der Waals surface area contributed by atoms with Crippen molar-refractivity contribution in [2.24, 2.45) is 11.8 Å². The van der Waals surface area contributed by atoms with Crippen LogP contribution in [0.5, 0.6) is 0 Å². The molecule has 1 heterocycles. The van der Waals surface area contributed by atoms with Crippen molar-refractivity contribution in [1.29, 1.82) is 0 Å². The van der Waals surface area contributed by atoms with Crippen LogP contribution in [0.15, 0.2) is 18.2 Å². The van der Waals surface area contributed by atoms with Gasteiger partial charge in [0.1, 0.15) is 5.82 Å². The summed E-state index contributed by atoms with van der Waals surface area (Å²) >= 11 is 0. The molecule has 0 bridgehead atoms. The summed E-state index contributed by atoms with van der Waals surface area (Å²) < 4.78 is 13.5. The van der Waals surface area contributed by atoms with Crippen molar-refractivity contribution in [1.82, 2.24) is 5.32 Å². The second-order valence-electron chi connectivity index (χ2n) is 6.34. The average molecular weight is 276 g/mol. The van der Waals surface area contributed by atoms with E-state index in [0.29, 0.717) is 0 Å². The Morgan fingerprint density at radius 2 is 2.00 bits per heavy atom. The van der Waals surface area contributed by atoms with Crippen LogP contribution >= 0.6 is 0 Å². The van der Waals surface area contributed by atoms with Crippen LogP contribution in [0.4, 0.5) is 10.1 Å². The third-order valence-electron chi connectivity index (χ3n) is 5.04. The highest BCUT2D eigenvalue weighted by Gasteiger charge is 2.31. The van der Waals surface area contributed by atoms with Crippen molar-refractivity contribution in [3.8, 4) is 0 Å². The van der Waals surface area contributed by atoms with E-state index in [1.54, 1.807) is 12.1 Å². The van der Waals surface area contributed by atoms with Crippen LogP contribution in [0.2, 0.25) is 0 Å². The van der Waals surface area contributed by atoms with E-state index in [0.717, 1.165) is 37.0 Å². The lowest BCUT2D eigenvalue weighted by atomic mass is 9.75. The monoisotopic (exact) mass is 276 g/mol. The summed E-state index contributed by atoms with van der Waals surface area (Å²) in [7, 11) is 1.92. The molecule has 1 saturated heterocycles. The summed E-state index contributed by atoms with van der Waals surface area (Å²) in [6.07, 6.45) is 6.92. The molecule has 1 aliphatic heterocycles. The maximum absolute atomic E-state index is 13.5. The molecular formula is C17H25FN2. The minimum Gasteiger partial charge on any atom is -0.371 e. The van der Waals surface area contributed by atoms with E-state index >= 15 is 0 Å². The van der Waals surface area contributed by atoms with Crippen molar-refractivity contribution in [2.45, 2.75) is 38.6 Å². The Morgan fingerprint density at radius 3 is 2.80 bits per heavy atom. The molecule has 2 aliphatic rings. The normalized spacial score (nSPS) is 26.4. The molecule has 2 unspecified atom stereocenters. The number of anilines is 1. The Kier molecular flexibility index (Phi) is 4.25. The van der Waals surface area contributed by atoms with Gasteiger partial charge in [-0.3, -0.25) is 0 Å². The lowest BCUT2D eigenvalue weighted by Gasteiger charge is -2.43. The lowest BCUT2D eigenvalue weighted by molar-refractivity contribution is 0.202. The maximum Gasteiger partial charge on any atom is 0.123 e. The number of nitrogens with one attached hydrogen (secondary N) is 1. The predicted octanol–water partition coefficient (Wildman–Crippen LogP) is 3.56. The molecule has 1 aliphatic carbocycles. The van der Waals surface area contributed by atoms with E-state index < -0.39 is 0 Å². The zero-order chi connectivity index (χ0) is 13.9. The summed E-state index contributed by atoms with van der Waals surface area (Å²) in [6.45, 7) is 3.02. The largest absolute Gasteiger partial charge is 0.371 e. The van der Waals surface area contributed by atoms with Gasteiger partial charge in [0.25, 0.3) is 0 Å². The number of benzene rings is 1. The number of rotatable bonds is 3. The summed E-state index contributed by atoms with van der Waals surface area (Å²) in [5.74, 6) is 1.66. The second kappa shape index (κ2) is 6.13. The molecule has 1 aromatic carbocycles. The van der Waals surface area contributed by atoms with Crippen LogP contribution in [0, 0.1) is 17.7 Å². The molecule has 0 spiro atoms. The SMILES string of the molecule is CNCc1cc(F)ccc1N1CCC2CCCCC2C1. The molecule has 0 radical (unpaired) electrons. The molecule has 3 heteroatoms. The quantitative estimate of drug-likeness (QED) is 0.908. The van der Waals surface area contributed by atoms with Crippen molar-refractivity contribution >= 4 is 5.69 Å². The van der Waals surface area contributed by atoms with Crippen LogP contribution in [-0.4, -0.2) is 20.1 Å². The van der Waals surface area contributed by atoms with E-state index in [9.17, 15) is 4.39 Å². The third kappa shape index (κ3) is 2.83. The molecule has 110 valence electrons.